The van der Waals surface area contributed by atoms with Crippen LogP contribution in [0.1, 0.15) is 92.1 Å². The van der Waals surface area contributed by atoms with E-state index in [2.05, 4.69) is 83.0 Å². The molecule has 0 radical (unpaired) electrons. The molecule has 2 amide bonds. The molecule has 1 aromatic carbocycles. The maximum absolute atomic E-state index is 13.8. The van der Waals surface area contributed by atoms with E-state index in [0.29, 0.717) is 25.3 Å². The summed E-state index contributed by atoms with van der Waals surface area (Å²) < 4.78 is 17.3. The Labute approximate surface area is 246 Å². The van der Waals surface area contributed by atoms with E-state index in [9.17, 15) is 9.59 Å². The third kappa shape index (κ3) is 6.36. The molecule has 1 aliphatic carbocycles. The lowest BCUT2D eigenvalue weighted by molar-refractivity contribution is -0.138. The van der Waals surface area contributed by atoms with Gasteiger partial charge < -0.3 is 29.6 Å². The molecule has 4 rings (SSSR count). The van der Waals surface area contributed by atoms with Gasteiger partial charge in [0.2, 0.25) is 5.91 Å². The number of ether oxygens (including phenoxy) is 1. The van der Waals surface area contributed by atoms with Crippen molar-refractivity contribution in [2.75, 3.05) is 13.7 Å². The van der Waals surface area contributed by atoms with E-state index in [-0.39, 0.29) is 23.2 Å². The van der Waals surface area contributed by atoms with Crippen LogP contribution in [0.5, 0.6) is 0 Å². The minimum atomic E-state index is -0.896. The second-order valence-electron chi connectivity index (χ2n) is 12.9. The highest BCUT2D eigenvalue weighted by Crippen LogP contribution is 2.37. The van der Waals surface area contributed by atoms with E-state index >= 15 is 0 Å². The lowest BCUT2D eigenvalue weighted by atomic mass is 9.78. The van der Waals surface area contributed by atoms with Crippen LogP contribution in [0.4, 0.5) is 4.79 Å². The van der Waals surface area contributed by atoms with E-state index in [4.69, 9.17) is 14.0 Å². The SMILES string of the molecule is C=C(N/C=C(/c1ccc(B2OC(C)(C)C(C)(C)O2)cc1)C(C)CC)C1CCCN1C(=O)C1(NC(=O)OC)CCCC1. The molecule has 0 aromatic heterocycles. The molecule has 2 heterocycles. The fourth-order valence-electron chi connectivity index (χ4n) is 6.07. The summed E-state index contributed by atoms with van der Waals surface area (Å²) in [4.78, 5) is 27.8. The summed E-state index contributed by atoms with van der Waals surface area (Å²) in [5, 5.41) is 6.33. The maximum atomic E-state index is 13.8. The highest BCUT2D eigenvalue weighted by atomic mass is 16.7. The second-order valence-corrected chi connectivity index (χ2v) is 12.9. The number of nitrogens with one attached hydrogen (secondary N) is 2. The third-order valence-corrected chi connectivity index (χ3v) is 9.63. The molecular formula is C32H48BN3O5. The van der Waals surface area contributed by atoms with Gasteiger partial charge in [-0.05, 0) is 82.3 Å². The summed E-state index contributed by atoms with van der Waals surface area (Å²) in [7, 11) is 0.935. The number of carbonyl (C=O) groups is 2. The highest BCUT2D eigenvalue weighted by Gasteiger charge is 2.52. The Kier molecular flexibility index (Phi) is 9.29. The van der Waals surface area contributed by atoms with Gasteiger partial charge in [0.05, 0.1) is 24.4 Å². The van der Waals surface area contributed by atoms with Crippen molar-refractivity contribution in [3.8, 4) is 0 Å². The number of rotatable bonds is 9. The van der Waals surface area contributed by atoms with Crippen molar-refractivity contribution in [3.05, 3.63) is 48.3 Å². The van der Waals surface area contributed by atoms with Gasteiger partial charge in [0.1, 0.15) is 5.54 Å². The Morgan fingerprint density at radius 3 is 2.29 bits per heavy atom. The zero-order valence-electron chi connectivity index (χ0n) is 26.0. The number of amides is 2. The number of alkyl carbamates (subject to hydrolysis) is 1. The monoisotopic (exact) mass is 565 g/mol. The number of likely N-dealkylation sites (tertiary alicyclic amines) is 1. The minimum Gasteiger partial charge on any atom is -0.453 e. The third-order valence-electron chi connectivity index (χ3n) is 9.63. The zero-order valence-corrected chi connectivity index (χ0v) is 26.0. The smallest absolute Gasteiger partial charge is 0.453 e. The first-order valence-corrected chi connectivity index (χ1v) is 15.1. The summed E-state index contributed by atoms with van der Waals surface area (Å²) in [6.45, 7) is 17.6. The van der Waals surface area contributed by atoms with Crippen molar-refractivity contribution in [1.29, 1.82) is 0 Å². The molecule has 2 unspecified atom stereocenters. The van der Waals surface area contributed by atoms with Gasteiger partial charge >= 0.3 is 13.2 Å². The summed E-state index contributed by atoms with van der Waals surface area (Å²) >= 11 is 0. The first-order chi connectivity index (χ1) is 19.3. The number of allylic oxidation sites excluding steroid dienone is 1. The van der Waals surface area contributed by atoms with Crippen LogP contribution in [0.3, 0.4) is 0 Å². The van der Waals surface area contributed by atoms with E-state index in [0.717, 1.165) is 48.8 Å². The number of carbonyl (C=O) groups excluding carboxylic acids is 2. The van der Waals surface area contributed by atoms with E-state index in [1.165, 1.54) is 12.7 Å². The fourth-order valence-corrected chi connectivity index (χ4v) is 6.07. The van der Waals surface area contributed by atoms with E-state index < -0.39 is 18.8 Å². The molecule has 8 nitrogen and oxygen atoms in total. The van der Waals surface area contributed by atoms with Gasteiger partial charge in [-0.3, -0.25) is 4.79 Å². The van der Waals surface area contributed by atoms with Gasteiger partial charge in [0, 0.05) is 18.4 Å². The molecule has 0 bridgehead atoms. The zero-order chi connectivity index (χ0) is 30.0. The number of methoxy groups -OCH3 is 1. The molecule has 3 fully saturated rings. The first-order valence-electron chi connectivity index (χ1n) is 15.1. The largest absolute Gasteiger partial charge is 0.494 e. The lowest BCUT2D eigenvalue weighted by Crippen LogP contribution is -2.59. The van der Waals surface area contributed by atoms with Crippen molar-refractivity contribution in [2.24, 2.45) is 5.92 Å². The Morgan fingerprint density at radius 1 is 1.12 bits per heavy atom. The van der Waals surface area contributed by atoms with Gasteiger partial charge in [0.25, 0.3) is 0 Å². The fraction of sp³-hybridized carbons (Fsp3) is 0.625. The number of nitrogens with zero attached hydrogens (tertiary/aromatic N) is 1. The van der Waals surface area contributed by atoms with Crippen LogP contribution in [0.15, 0.2) is 42.7 Å². The highest BCUT2D eigenvalue weighted by molar-refractivity contribution is 6.62. The van der Waals surface area contributed by atoms with Gasteiger partial charge in [-0.2, -0.15) is 0 Å². The van der Waals surface area contributed by atoms with Crippen LogP contribution in [0.25, 0.3) is 5.57 Å². The molecule has 9 heteroatoms. The number of hydrogen-bond donors (Lipinski definition) is 2. The molecule has 41 heavy (non-hydrogen) atoms. The standard InChI is InChI=1S/C32H48BN3O5/c1-9-22(2)26(24-14-16-25(17-15-24)33-40-30(4,5)31(6,7)41-33)21-34-23(3)27-13-12-20-36(27)28(37)32(18-10-11-19-32)35-29(38)39-8/h14-17,21-22,27,34H,3,9-13,18-20H2,1-2,4-8H3,(H,35,38)/b26-21+. The van der Waals surface area contributed by atoms with Crippen molar-refractivity contribution < 1.29 is 23.6 Å². The van der Waals surface area contributed by atoms with Crippen molar-refractivity contribution in [3.63, 3.8) is 0 Å². The summed E-state index contributed by atoms with van der Waals surface area (Å²) in [5.41, 5.74) is 2.41. The topological polar surface area (TPSA) is 89.1 Å². The average Bonchev–Trinajstić information content (AvgIpc) is 3.67. The van der Waals surface area contributed by atoms with E-state index in [1.54, 1.807) is 0 Å². The Morgan fingerprint density at radius 2 is 1.73 bits per heavy atom. The molecule has 1 saturated carbocycles. The predicted octanol–water partition coefficient (Wildman–Crippen LogP) is 5.14. The van der Waals surface area contributed by atoms with Gasteiger partial charge in [0.15, 0.2) is 0 Å². The van der Waals surface area contributed by atoms with Crippen LogP contribution >= 0.6 is 0 Å². The maximum Gasteiger partial charge on any atom is 0.494 e. The Balaban J connectivity index is 1.49. The summed E-state index contributed by atoms with van der Waals surface area (Å²) in [6, 6.07) is 8.26. The van der Waals surface area contributed by atoms with Gasteiger partial charge in [-0.15, -0.1) is 0 Å². The van der Waals surface area contributed by atoms with Gasteiger partial charge in [-0.25, -0.2) is 4.79 Å². The van der Waals surface area contributed by atoms with Crippen molar-refractivity contribution >= 4 is 30.2 Å². The Bertz CT molecular complexity index is 1140. The molecule has 0 spiro atoms. The minimum absolute atomic E-state index is 0.0322. The molecule has 2 saturated heterocycles. The second kappa shape index (κ2) is 12.2. The van der Waals surface area contributed by atoms with Crippen LogP contribution in [-0.2, 0) is 18.8 Å². The van der Waals surface area contributed by atoms with Crippen LogP contribution in [0.2, 0.25) is 0 Å². The normalized spacial score (nSPS) is 23.8. The summed E-state index contributed by atoms with van der Waals surface area (Å²) in [6.07, 6.45) is 7.26. The van der Waals surface area contributed by atoms with Crippen molar-refractivity contribution in [1.82, 2.24) is 15.5 Å². The molecular weight excluding hydrogens is 517 g/mol. The quantitative estimate of drug-likeness (QED) is 0.404. The molecule has 2 aliphatic heterocycles. The molecule has 224 valence electrons. The molecule has 2 N–H and O–H groups in total. The van der Waals surface area contributed by atoms with E-state index in [1.807, 2.05) is 11.1 Å². The lowest BCUT2D eigenvalue weighted by Gasteiger charge is -2.36. The average molecular weight is 566 g/mol. The van der Waals surface area contributed by atoms with Crippen LogP contribution in [-0.4, -0.2) is 60.5 Å². The summed E-state index contributed by atoms with van der Waals surface area (Å²) in [5.74, 6) is 0.278. The van der Waals surface area contributed by atoms with Gasteiger partial charge in [-0.1, -0.05) is 57.5 Å². The Hall–Kier alpha value is -2.78. The van der Waals surface area contributed by atoms with Crippen LogP contribution < -0.4 is 16.1 Å². The van der Waals surface area contributed by atoms with Crippen LogP contribution in [0, 0.1) is 5.92 Å². The van der Waals surface area contributed by atoms with Crippen molar-refractivity contribution in [2.45, 2.75) is 109 Å². The predicted molar refractivity (Wildman–Crippen MR) is 163 cm³/mol. The number of benzene rings is 1. The number of hydrogen-bond acceptors (Lipinski definition) is 6. The first kappa shape index (κ1) is 31.2. The molecule has 2 atom stereocenters. The molecule has 3 aliphatic rings. The molecule has 1 aromatic rings.